The van der Waals surface area contributed by atoms with E-state index >= 15 is 0 Å². The summed E-state index contributed by atoms with van der Waals surface area (Å²) >= 11 is 1.66. The van der Waals surface area contributed by atoms with Crippen molar-refractivity contribution in [1.29, 1.82) is 0 Å². The van der Waals surface area contributed by atoms with Gasteiger partial charge in [0.15, 0.2) is 0 Å². The summed E-state index contributed by atoms with van der Waals surface area (Å²) in [5.41, 5.74) is 3.65. The van der Waals surface area contributed by atoms with E-state index in [1.54, 1.807) is 23.5 Å². The predicted octanol–water partition coefficient (Wildman–Crippen LogP) is 5.06. The van der Waals surface area contributed by atoms with Gasteiger partial charge in [0.05, 0.1) is 18.9 Å². The molecule has 5 heteroatoms. The van der Waals surface area contributed by atoms with Crippen LogP contribution in [-0.2, 0) is 0 Å². The number of amides is 1. The highest BCUT2D eigenvalue weighted by molar-refractivity contribution is 7.10. The van der Waals surface area contributed by atoms with Crippen LogP contribution in [0.25, 0.3) is 0 Å². The first kappa shape index (κ1) is 17.5. The molecule has 0 N–H and O–H groups in total. The normalized spacial score (nSPS) is 16.3. The fourth-order valence-electron chi connectivity index (χ4n) is 3.27. The number of hydrazone groups is 1. The van der Waals surface area contributed by atoms with Crippen LogP contribution in [0.2, 0.25) is 0 Å². The molecule has 2 heterocycles. The molecular formula is C22H20N2O2S. The SMILES string of the molecule is COc1ccc(C2=NN(C(=O)c3cccc(C)c3)[C@H](c3cccs3)C2)cc1. The van der Waals surface area contributed by atoms with Crippen LogP contribution < -0.4 is 4.74 Å². The molecule has 0 radical (unpaired) electrons. The molecular weight excluding hydrogens is 356 g/mol. The highest BCUT2D eigenvalue weighted by Crippen LogP contribution is 2.36. The summed E-state index contributed by atoms with van der Waals surface area (Å²) < 4.78 is 5.24. The fourth-order valence-corrected chi connectivity index (χ4v) is 4.08. The third kappa shape index (κ3) is 3.51. The van der Waals surface area contributed by atoms with Crippen LogP contribution in [0.3, 0.4) is 0 Å². The summed E-state index contributed by atoms with van der Waals surface area (Å²) in [4.78, 5) is 14.3. The van der Waals surface area contributed by atoms with E-state index in [9.17, 15) is 4.79 Å². The lowest BCUT2D eigenvalue weighted by atomic mass is 10.0. The topological polar surface area (TPSA) is 41.9 Å². The zero-order valence-corrected chi connectivity index (χ0v) is 16.1. The number of thiophene rings is 1. The molecule has 0 fully saturated rings. The second kappa shape index (κ2) is 7.37. The molecule has 0 aliphatic carbocycles. The summed E-state index contributed by atoms with van der Waals surface area (Å²) in [6.07, 6.45) is 0.699. The molecule has 1 aromatic heterocycles. The van der Waals surface area contributed by atoms with Crippen molar-refractivity contribution < 1.29 is 9.53 Å². The third-order valence-corrected chi connectivity index (χ3v) is 5.65. The van der Waals surface area contributed by atoms with E-state index in [1.807, 2.05) is 66.9 Å². The Bertz CT molecular complexity index is 978. The van der Waals surface area contributed by atoms with Gasteiger partial charge in [0, 0.05) is 16.9 Å². The molecule has 0 saturated carbocycles. The molecule has 136 valence electrons. The highest BCUT2D eigenvalue weighted by Gasteiger charge is 2.34. The van der Waals surface area contributed by atoms with Gasteiger partial charge in [0.1, 0.15) is 5.75 Å². The minimum Gasteiger partial charge on any atom is -0.497 e. The molecule has 4 rings (SSSR count). The lowest BCUT2D eigenvalue weighted by Crippen LogP contribution is -2.26. The van der Waals surface area contributed by atoms with E-state index < -0.39 is 0 Å². The van der Waals surface area contributed by atoms with Crippen molar-refractivity contribution in [2.24, 2.45) is 5.10 Å². The van der Waals surface area contributed by atoms with Gasteiger partial charge in [0.2, 0.25) is 0 Å². The zero-order chi connectivity index (χ0) is 18.8. The molecule has 2 aromatic carbocycles. The quantitative estimate of drug-likeness (QED) is 0.639. The summed E-state index contributed by atoms with van der Waals surface area (Å²) in [5.74, 6) is 0.737. The molecule has 1 atom stereocenters. The van der Waals surface area contributed by atoms with E-state index in [2.05, 4.69) is 6.07 Å². The van der Waals surface area contributed by atoms with Crippen LogP contribution >= 0.6 is 11.3 Å². The number of hydrogen-bond acceptors (Lipinski definition) is 4. The molecule has 0 unspecified atom stereocenters. The fraction of sp³-hybridized carbons (Fsp3) is 0.182. The van der Waals surface area contributed by atoms with E-state index in [-0.39, 0.29) is 11.9 Å². The number of aryl methyl sites for hydroxylation is 1. The second-order valence-electron chi connectivity index (χ2n) is 6.53. The Morgan fingerprint density at radius 1 is 1.15 bits per heavy atom. The van der Waals surface area contributed by atoms with Crippen molar-refractivity contribution in [3.8, 4) is 5.75 Å². The molecule has 3 aromatic rings. The number of hydrogen-bond donors (Lipinski definition) is 0. The van der Waals surface area contributed by atoms with Gasteiger partial charge < -0.3 is 4.74 Å². The Labute approximate surface area is 162 Å². The molecule has 0 bridgehead atoms. The van der Waals surface area contributed by atoms with Gasteiger partial charge in [-0.15, -0.1) is 11.3 Å². The molecule has 0 spiro atoms. The Morgan fingerprint density at radius 3 is 2.63 bits per heavy atom. The van der Waals surface area contributed by atoms with Gasteiger partial charge in [-0.05, 0) is 60.3 Å². The van der Waals surface area contributed by atoms with Crippen LogP contribution in [-0.4, -0.2) is 23.7 Å². The van der Waals surface area contributed by atoms with Gasteiger partial charge in [-0.3, -0.25) is 4.79 Å². The van der Waals surface area contributed by atoms with Gasteiger partial charge >= 0.3 is 0 Å². The number of rotatable bonds is 4. The molecule has 1 amide bonds. The van der Waals surface area contributed by atoms with Gasteiger partial charge in [0.25, 0.3) is 5.91 Å². The monoisotopic (exact) mass is 376 g/mol. The van der Waals surface area contributed by atoms with Crippen molar-refractivity contribution in [3.05, 3.63) is 87.6 Å². The largest absolute Gasteiger partial charge is 0.497 e. The van der Waals surface area contributed by atoms with Crippen molar-refractivity contribution in [2.75, 3.05) is 7.11 Å². The Kier molecular flexibility index (Phi) is 4.77. The lowest BCUT2D eigenvalue weighted by molar-refractivity contribution is 0.0713. The van der Waals surface area contributed by atoms with Gasteiger partial charge in [-0.1, -0.05) is 23.8 Å². The average Bonchev–Trinajstić information content (AvgIpc) is 3.37. The Balaban J connectivity index is 1.70. The predicted molar refractivity (Wildman–Crippen MR) is 109 cm³/mol. The molecule has 27 heavy (non-hydrogen) atoms. The number of carbonyl (C=O) groups excluding carboxylic acids is 1. The zero-order valence-electron chi connectivity index (χ0n) is 15.3. The summed E-state index contributed by atoms with van der Waals surface area (Å²) in [7, 11) is 1.65. The summed E-state index contributed by atoms with van der Waals surface area (Å²) in [5, 5.41) is 8.40. The Hall–Kier alpha value is -2.92. The number of carbonyl (C=O) groups is 1. The van der Waals surface area contributed by atoms with Crippen molar-refractivity contribution >= 4 is 23.0 Å². The smallest absolute Gasteiger partial charge is 0.274 e. The molecule has 0 saturated heterocycles. The van der Waals surface area contributed by atoms with Crippen LogP contribution in [0.1, 0.15) is 38.8 Å². The average molecular weight is 376 g/mol. The minimum atomic E-state index is -0.0740. The second-order valence-corrected chi connectivity index (χ2v) is 7.51. The maximum absolute atomic E-state index is 13.2. The first-order valence-corrected chi connectivity index (χ1v) is 9.69. The van der Waals surface area contributed by atoms with Gasteiger partial charge in [-0.25, -0.2) is 5.01 Å². The number of nitrogens with zero attached hydrogens (tertiary/aromatic N) is 2. The van der Waals surface area contributed by atoms with Crippen molar-refractivity contribution in [2.45, 2.75) is 19.4 Å². The first-order chi connectivity index (χ1) is 13.2. The van der Waals surface area contributed by atoms with Crippen molar-refractivity contribution in [1.82, 2.24) is 5.01 Å². The lowest BCUT2D eigenvalue weighted by Gasteiger charge is -2.20. The Morgan fingerprint density at radius 2 is 1.96 bits per heavy atom. The highest BCUT2D eigenvalue weighted by atomic mass is 32.1. The molecule has 1 aliphatic rings. The maximum Gasteiger partial charge on any atom is 0.274 e. The standard InChI is InChI=1S/C22H20N2O2S/c1-15-5-3-6-17(13-15)22(25)24-20(21-7-4-12-27-21)14-19(23-24)16-8-10-18(26-2)11-9-16/h3-13,20H,14H2,1-2H3/t20-/m0/s1. The van der Waals surface area contributed by atoms with Crippen molar-refractivity contribution in [3.63, 3.8) is 0 Å². The summed E-state index contributed by atoms with van der Waals surface area (Å²) in [6.45, 7) is 1.99. The third-order valence-electron chi connectivity index (χ3n) is 4.68. The maximum atomic E-state index is 13.2. The summed E-state index contributed by atoms with van der Waals surface area (Å²) in [6, 6.07) is 19.5. The number of methoxy groups -OCH3 is 1. The van der Waals surface area contributed by atoms with Crippen LogP contribution in [0.4, 0.5) is 0 Å². The van der Waals surface area contributed by atoms with Crippen LogP contribution in [0.15, 0.2) is 71.1 Å². The van der Waals surface area contributed by atoms with E-state index in [4.69, 9.17) is 9.84 Å². The number of ether oxygens (including phenoxy) is 1. The van der Waals surface area contributed by atoms with Crippen LogP contribution in [0, 0.1) is 6.92 Å². The first-order valence-electron chi connectivity index (χ1n) is 8.81. The molecule has 4 nitrogen and oxygen atoms in total. The van der Waals surface area contributed by atoms with E-state index in [1.165, 1.54) is 0 Å². The van der Waals surface area contributed by atoms with Crippen LogP contribution in [0.5, 0.6) is 5.75 Å². The molecule has 1 aliphatic heterocycles. The van der Waals surface area contributed by atoms with E-state index in [0.717, 1.165) is 27.5 Å². The minimum absolute atomic E-state index is 0.0689. The van der Waals surface area contributed by atoms with Gasteiger partial charge in [-0.2, -0.15) is 5.10 Å². The number of benzene rings is 2. The van der Waals surface area contributed by atoms with E-state index in [0.29, 0.717) is 12.0 Å².